The van der Waals surface area contributed by atoms with E-state index in [0.29, 0.717) is 23.5 Å². The number of aliphatic hydroxyl groups excluding tert-OH is 1. The highest BCUT2D eigenvalue weighted by Crippen LogP contribution is 2.29. The van der Waals surface area contributed by atoms with Crippen molar-refractivity contribution < 1.29 is 14.6 Å². The second kappa shape index (κ2) is 6.68. The maximum atomic E-state index is 11.6. The van der Waals surface area contributed by atoms with Crippen LogP contribution in [0.15, 0.2) is 46.9 Å². The van der Waals surface area contributed by atoms with Gasteiger partial charge in [-0.05, 0) is 49.2 Å². The fraction of sp³-hybridized carbons (Fsp3) is 0.188. The van der Waals surface area contributed by atoms with Gasteiger partial charge in [0.05, 0.1) is 5.56 Å². The SMILES string of the molecule is CC(=O)c1ccc(Br)cc1Oc1ccc(CCO)cc1. The van der Waals surface area contributed by atoms with Crippen LogP contribution in [0.2, 0.25) is 0 Å². The average molecular weight is 335 g/mol. The Morgan fingerprint density at radius 1 is 1.20 bits per heavy atom. The van der Waals surface area contributed by atoms with Gasteiger partial charge in [-0.25, -0.2) is 0 Å². The Kier molecular flexibility index (Phi) is 4.93. The quantitative estimate of drug-likeness (QED) is 0.841. The Balaban J connectivity index is 2.25. The van der Waals surface area contributed by atoms with Crippen LogP contribution in [0.25, 0.3) is 0 Å². The predicted molar refractivity (Wildman–Crippen MR) is 81.5 cm³/mol. The summed E-state index contributed by atoms with van der Waals surface area (Å²) in [5, 5.41) is 8.88. The number of benzene rings is 2. The monoisotopic (exact) mass is 334 g/mol. The van der Waals surface area contributed by atoms with E-state index in [1.54, 1.807) is 12.1 Å². The number of hydrogen-bond acceptors (Lipinski definition) is 3. The van der Waals surface area contributed by atoms with E-state index in [1.165, 1.54) is 6.92 Å². The molecule has 2 aromatic rings. The second-order valence-corrected chi connectivity index (χ2v) is 5.33. The van der Waals surface area contributed by atoms with Crippen molar-refractivity contribution in [2.45, 2.75) is 13.3 Å². The maximum absolute atomic E-state index is 11.6. The van der Waals surface area contributed by atoms with Crippen LogP contribution in [0.5, 0.6) is 11.5 Å². The third-order valence-electron chi connectivity index (χ3n) is 2.87. The Bertz CT molecular complexity index is 606. The van der Waals surface area contributed by atoms with E-state index in [0.717, 1.165) is 10.0 Å². The van der Waals surface area contributed by atoms with Crippen LogP contribution in [0.1, 0.15) is 22.8 Å². The fourth-order valence-electron chi connectivity index (χ4n) is 1.85. The summed E-state index contributed by atoms with van der Waals surface area (Å²) >= 11 is 3.37. The van der Waals surface area contributed by atoms with Gasteiger partial charge in [0.1, 0.15) is 11.5 Å². The van der Waals surface area contributed by atoms with E-state index in [2.05, 4.69) is 15.9 Å². The molecule has 0 saturated heterocycles. The molecule has 0 fully saturated rings. The number of rotatable bonds is 5. The molecule has 0 amide bonds. The van der Waals surface area contributed by atoms with Crippen molar-refractivity contribution in [1.29, 1.82) is 0 Å². The predicted octanol–water partition coefficient (Wildman–Crippen LogP) is 3.98. The molecule has 3 nitrogen and oxygen atoms in total. The van der Waals surface area contributed by atoms with E-state index in [-0.39, 0.29) is 12.4 Å². The molecule has 0 aliphatic rings. The Morgan fingerprint density at radius 2 is 1.90 bits per heavy atom. The number of aliphatic hydroxyl groups is 1. The second-order valence-electron chi connectivity index (χ2n) is 4.42. The van der Waals surface area contributed by atoms with Crippen molar-refractivity contribution in [1.82, 2.24) is 0 Å². The molecule has 0 radical (unpaired) electrons. The number of halogens is 1. The molecule has 0 aliphatic heterocycles. The van der Waals surface area contributed by atoms with Crippen molar-refractivity contribution in [2.24, 2.45) is 0 Å². The van der Waals surface area contributed by atoms with Crippen LogP contribution in [0, 0.1) is 0 Å². The summed E-state index contributed by atoms with van der Waals surface area (Å²) in [5.41, 5.74) is 1.59. The number of hydrogen-bond donors (Lipinski definition) is 1. The minimum absolute atomic E-state index is 0.0376. The van der Waals surface area contributed by atoms with Crippen molar-refractivity contribution >= 4 is 21.7 Å². The Morgan fingerprint density at radius 3 is 2.50 bits per heavy atom. The zero-order valence-electron chi connectivity index (χ0n) is 11.1. The molecular weight excluding hydrogens is 320 g/mol. The lowest BCUT2D eigenvalue weighted by Gasteiger charge is -2.10. The van der Waals surface area contributed by atoms with Crippen LogP contribution in [-0.4, -0.2) is 17.5 Å². The zero-order valence-corrected chi connectivity index (χ0v) is 12.7. The summed E-state index contributed by atoms with van der Waals surface area (Å²) in [6.07, 6.45) is 0.621. The molecule has 2 aromatic carbocycles. The zero-order chi connectivity index (χ0) is 14.5. The molecule has 0 saturated carbocycles. The Hall–Kier alpha value is -1.65. The van der Waals surface area contributed by atoms with Gasteiger partial charge in [0, 0.05) is 11.1 Å². The summed E-state index contributed by atoms with van der Waals surface area (Å²) in [6, 6.07) is 12.8. The highest BCUT2D eigenvalue weighted by molar-refractivity contribution is 9.10. The normalized spacial score (nSPS) is 10.3. The summed E-state index contributed by atoms with van der Waals surface area (Å²) in [5.74, 6) is 1.15. The van der Waals surface area contributed by atoms with Gasteiger partial charge >= 0.3 is 0 Å². The van der Waals surface area contributed by atoms with Gasteiger partial charge < -0.3 is 9.84 Å². The first-order valence-electron chi connectivity index (χ1n) is 6.28. The summed E-state index contributed by atoms with van der Waals surface area (Å²) in [4.78, 5) is 11.6. The van der Waals surface area contributed by atoms with Crippen LogP contribution in [0.3, 0.4) is 0 Å². The molecule has 0 bridgehead atoms. The van der Waals surface area contributed by atoms with Crippen LogP contribution in [0.4, 0.5) is 0 Å². The smallest absolute Gasteiger partial charge is 0.163 e. The number of ether oxygens (including phenoxy) is 1. The minimum atomic E-state index is -0.0376. The maximum Gasteiger partial charge on any atom is 0.163 e. The highest BCUT2D eigenvalue weighted by atomic mass is 79.9. The van der Waals surface area contributed by atoms with Gasteiger partial charge in [0.2, 0.25) is 0 Å². The van der Waals surface area contributed by atoms with E-state index in [1.807, 2.05) is 30.3 Å². The molecule has 0 aromatic heterocycles. The van der Waals surface area contributed by atoms with Gasteiger partial charge in [0.15, 0.2) is 5.78 Å². The van der Waals surface area contributed by atoms with E-state index >= 15 is 0 Å². The molecule has 0 spiro atoms. The first-order valence-corrected chi connectivity index (χ1v) is 7.07. The lowest BCUT2D eigenvalue weighted by atomic mass is 10.1. The summed E-state index contributed by atoms with van der Waals surface area (Å²) in [6.45, 7) is 1.64. The van der Waals surface area contributed by atoms with Gasteiger partial charge in [-0.1, -0.05) is 28.1 Å². The molecule has 4 heteroatoms. The van der Waals surface area contributed by atoms with E-state index < -0.39 is 0 Å². The van der Waals surface area contributed by atoms with Gasteiger partial charge in [-0.3, -0.25) is 4.79 Å². The third kappa shape index (κ3) is 3.68. The van der Waals surface area contributed by atoms with Crippen molar-refractivity contribution in [2.75, 3.05) is 6.61 Å². The summed E-state index contributed by atoms with van der Waals surface area (Å²) in [7, 11) is 0. The molecule has 0 aliphatic carbocycles. The fourth-order valence-corrected chi connectivity index (χ4v) is 2.19. The van der Waals surface area contributed by atoms with Crippen LogP contribution < -0.4 is 4.74 Å². The van der Waals surface area contributed by atoms with Crippen LogP contribution >= 0.6 is 15.9 Å². The number of Topliss-reactive ketones (excluding diaryl/α,β-unsaturated/α-hetero) is 1. The Labute approximate surface area is 126 Å². The topological polar surface area (TPSA) is 46.5 Å². The number of carbonyl (C=O) groups excluding carboxylic acids is 1. The molecule has 0 unspecified atom stereocenters. The first-order chi connectivity index (χ1) is 9.60. The van der Waals surface area contributed by atoms with E-state index in [9.17, 15) is 4.79 Å². The molecule has 1 N–H and O–H groups in total. The molecule has 0 heterocycles. The highest BCUT2D eigenvalue weighted by Gasteiger charge is 2.10. The summed E-state index contributed by atoms with van der Waals surface area (Å²) < 4.78 is 6.63. The average Bonchev–Trinajstić information content (AvgIpc) is 2.41. The molecule has 2 rings (SSSR count). The lowest BCUT2D eigenvalue weighted by Crippen LogP contribution is -1.97. The molecule has 104 valence electrons. The van der Waals surface area contributed by atoms with E-state index in [4.69, 9.17) is 9.84 Å². The minimum Gasteiger partial charge on any atom is -0.457 e. The van der Waals surface area contributed by atoms with Crippen molar-refractivity contribution in [3.05, 3.63) is 58.1 Å². The standard InChI is InChI=1S/C16H15BrO3/c1-11(19)15-7-4-13(17)10-16(15)20-14-5-2-12(3-6-14)8-9-18/h2-7,10,18H,8-9H2,1H3. The van der Waals surface area contributed by atoms with Crippen molar-refractivity contribution in [3.8, 4) is 11.5 Å². The van der Waals surface area contributed by atoms with Gasteiger partial charge in [0.25, 0.3) is 0 Å². The molecule has 20 heavy (non-hydrogen) atoms. The van der Waals surface area contributed by atoms with Gasteiger partial charge in [-0.2, -0.15) is 0 Å². The first kappa shape index (κ1) is 14.8. The van der Waals surface area contributed by atoms with Crippen molar-refractivity contribution in [3.63, 3.8) is 0 Å². The molecule has 0 atom stereocenters. The number of ketones is 1. The molecular formula is C16H15BrO3. The largest absolute Gasteiger partial charge is 0.457 e. The third-order valence-corrected chi connectivity index (χ3v) is 3.37. The van der Waals surface area contributed by atoms with Gasteiger partial charge in [-0.15, -0.1) is 0 Å². The lowest BCUT2D eigenvalue weighted by molar-refractivity contribution is 0.101. The number of carbonyl (C=O) groups is 1. The van der Waals surface area contributed by atoms with Crippen LogP contribution in [-0.2, 0) is 6.42 Å².